The molecule has 1 aromatic rings. The molecule has 1 nitrogen and oxygen atoms in total. The lowest BCUT2D eigenvalue weighted by Crippen LogP contribution is -2.12. The third kappa shape index (κ3) is 2.34. The summed E-state index contributed by atoms with van der Waals surface area (Å²) in [6, 6.07) is 7.29. The smallest absolute Gasteiger partial charge is 0.245 e. The fourth-order valence-corrected chi connectivity index (χ4v) is 2.01. The van der Waals surface area contributed by atoms with Crippen molar-refractivity contribution < 1.29 is 8.78 Å². The third-order valence-electron chi connectivity index (χ3n) is 2.97. The average molecular weight is 211 g/mol. The first-order valence-electron chi connectivity index (χ1n) is 5.29. The molecule has 1 aliphatic rings. The van der Waals surface area contributed by atoms with Gasteiger partial charge in [0.2, 0.25) is 6.43 Å². The fourth-order valence-electron chi connectivity index (χ4n) is 2.01. The molecule has 0 aliphatic heterocycles. The summed E-state index contributed by atoms with van der Waals surface area (Å²) >= 11 is 0. The lowest BCUT2D eigenvalue weighted by Gasteiger charge is -2.16. The van der Waals surface area contributed by atoms with Gasteiger partial charge in [0.15, 0.2) is 0 Å². The Bertz CT molecular complexity index is 332. The van der Waals surface area contributed by atoms with Crippen LogP contribution in [0.2, 0.25) is 0 Å². The van der Waals surface area contributed by atoms with Gasteiger partial charge in [-0.2, -0.15) is 0 Å². The van der Waals surface area contributed by atoms with Crippen LogP contribution < -0.4 is 5.73 Å². The van der Waals surface area contributed by atoms with E-state index in [2.05, 4.69) is 0 Å². The molecule has 1 aromatic carbocycles. The van der Waals surface area contributed by atoms with Gasteiger partial charge in [-0.1, -0.05) is 24.3 Å². The van der Waals surface area contributed by atoms with E-state index in [1.54, 1.807) is 6.07 Å². The van der Waals surface area contributed by atoms with Crippen molar-refractivity contribution in [2.75, 3.05) is 0 Å². The van der Waals surface area contributed by atoms with E-state index in [-0.39, 0.29) is 5.92 Å². The normalized spacial score (nSPS) is 18.1. The van der Waals surface area contributed by atoms with E-state index >= 15 is 0 Å². The van der Waals surface area contributed by atoms with Crippen LogP contribution in [0.5, 0.6) is 0 Å². The van der Waals surface area contributed by atoms with E-state index < -0.39 is 12.3 Å². The zero-order chi connectivity index (χ0) is 10.8. The molecule has 82 valence electrons. The maximum absolute atomic E-state index is 12.9. The van der Waals surface area contributed by atoms with Gasteiger partial charge in [-0.25, -0.2) is 8.78 Å². The molecule has 1 atom stereocenters. The predicted molar refractivity (Wildman–Crippen MR) is 55.8 cm³/mol. The monoisotopic (exact) mass is 211 g/mol. The van der Waals surface area contributed by atoms with Gasteiger partial charge < -0.3 is 5.73 Å². The Hall–Kier alpha value is -0.960. The van der Waals surface area contributed by atoms with Crippen molar-refractivity contribution in [3.05, 3.63) is 35.4 Å². The van der Waals surface area contributed by atoms with Crippen molar-refractivity contribution in [1.29, 1.82) is 0 Å². The Morgan fingerprint density at radius 3 is 2.60 bits per heavy atom. The van der Waals surface area contributed by atoms with Crippen LogP contribution in [0.15, 0.2) is 24.3 Å². The summed E-state index contributed by atoms with van der Waals surface area (Å²) in [7, 11) is 0. The standard InChI is InChI=1S/C12H15F2N/c13-12(14)11(9-4-5-9)10-3-1-2-8(6-10)7-15/h1-3,6,9,11-12H,4-5,7,15H2. The summed E-state index contributed by atoms with van der Waals surface area (Å²) in [6.45, 7) is 0.411. The summed E-state index contributed by atoms with van der Waals surface area (Å²) in [4.78, 5) is 0. The average Bonchev–Trinajstić information content (AvgIpc) is 3.02. The van der Waals surface area contributed by atoms with Crippen LogP contribution in [0.4, 0.5) is 8.78 Å². The zero-order valence-electron chi connectivity index (χ0n) is 8.50. The number of nitrogens with two attached hydrogens (primary N) is 1. The van der Waals surface area contributed by atoms with E-state index in [1.807, 2.05) is 18.2 Å². The number of benzene rings is 1. The minimum absolute atomic E-state index is 0.179. The second-order valence-corrected chi connectivity index (χ2v) is 4.15. The molecule has 2 rings (SSSR count). The summed E-state index contributed by atoms with van der Waals surface area (Å²) in [5, 5.41) is 0. The van der Waals surface area contributed by atoms with Gasteiger partial charge in [-0.05, 0) is 29.9 Å². The molecule has 0 amide bonds. The van der Waals surface area contributed by atoms with Gasteiger partial charge >= 0.3 is 0 Å². The van der Waals surface area contributed by atoms with Crippen LogP contribution in [0.25, 0.3) is 0 Å². The quantitative estimate of drug-likeness (QED) is 0.814. The summed E-state index contributed by atoms with van der Waals surface area (Å²) in [5.74, 6) is -0.408. The zero-order valence-corrected chi connectivity index (χ0v) is 8.50. The molecule has 0 spiro atoms. The molecule has 1 saturated carbocycles. The van der Waals surface area contributed by atoms with Crippen molar-refractivity contribution in [3.63, 3.8) is 0 Å². The molecule has 0 aromatic heterocycles. The second kappa shape index (κ2) is 4.27. The number of hydrogen-bond acceptors (Lipinski definition) is 1. The number of rotatable bonds is 4. The van der Waals surface area contributed by atoms with Crippen molar-refractivity contribution in [1.82, 2.24) is 0 Å². The van der Waals surface area contributed by atoms with Crippen LogP contribution in [0.1, 0.15) is 29.9 Å². The Labute approximate surface area is 88.3 Å². The van der Waals surface area contributed by atoms with Crippen molar-refractivity contribution in [2.24, 2.45) is 11.7 Å². The molecule has 2 N–H and O–H groups in total. The Morgan fingerprint density at radius 1 is 1.33 bits per heavy atom. The summed E-state index contributed by atoms with van der Waals surface area (Å²) < 4.78 is 25.8. The molecule has 3 heteroatoms. The van der Waals surface area contributed by atoms with E-state index in [0.29, 0.717) is 6.54 Å². The molecule has 15 heavy (non-hydrogen) atoms. The van der Waals surface area contributed by atoms with Gasteiger partial charge in [0.05, 0.1) is 0 Å². The molecule has 1 unspecified atom stereocenters. The largest absolute Gasteiger partial charge is 0.326 e. The first-order valence-corrected chi connectivity index (χ1v) is 5.29. The summed E-state index contributed by atoms with van der Waals surface area (Å²) in [5.41, 5.74) is 7.17. The van der Waals surface area contributed by atoms with Crippen LogP contribution in [-0.4, -0.2) is 6.43 Å². The van der Waals surface area contributed by atoms with Gasteiger partial charge in [0.25, 0.3) is 0 Å². The fraction of sp³-hybridized carbons (Fsp3) is 0.500. The van der Waals surface area contributed by atoms with Gasteiger partial charge in [0.1, 0.15) is 0 Å². The maximum Gasteiger partial charge on any atom is 0.245 e. The highest BCUT2D eigenvalue weighted by Gasteiger charge is 2.38. The molecular formula is C12H15F2N. The minimum atomic E-state index is -2.26. The Morgan fingerprint density at radius 2 is 2.07 bits per heavy atom. The van der Waals surface area contributed by atoms with Crippen molar-refractivity contribution in [3.8, 4) is 0 Å². The lowest BCUT2D eigenvalue weighted by molar-refractivity contribution is 0.104. The van der Waals surface area contributed by atoms with Crippen LogP contribution in [0.3, 0.4) is 0 Å². The van der Waals surface area contributed by atoms with E-state index in [0.717, 1.165) is 24.0 Å². The molecule has 0 radical (unpaired) electrons. The highest BCUT2D eigenvalue weighted by atomic mass is 19.3. The maximum atomic E-state index is 12.9. The highest BCUT2D eigenvalue weighted by Crippen LogP contribution is 2.45. The van der Waals surface area contributed by atoms with Gasteiger partial charge in [-0.3, -0.25) is 0 Å². The highest BCUT2D eigenvalue weighted by molar-refractivity contribution is 5.28. The minimum Gasteiger partial charge on any atom is -0.326 e. The van der Waals surface area contributed by atoms with Crippen LogP contribution in [-0.2, 0) is 6.54 Å². The van der Waals surface area contributed by atoms with E-state index in [4.69, 9.17) is 5.73 Å². The van der Waals surface area contributed by atoms with Gasteiger partial charge in [0, 0.05) is 12.5 Å². The predicted octanol–water partition coefficient (Wildman–Crippen LogP) is 2.90. The molecule has 0 saturated heterocycles. The molecule has 1 aliphatic carbocycles. The summed E-state index contributed by atoms with van der Waals surface area (Å²) in [6.07, 6.45) is -0.394. The first kappa shape index (κ1) is 10.6. The van der Waals surface area contributed by atoms with E-state index in [9.17, 15) is 8.78 Å². The Kier molecular flexibility index (Phi) is 3.00. The molecular weight excluding hydrogens is 196 g/mol. The van der Waals surface area contributed by atoms with E-state index in [1.165, 1.54) is 0 Å². The Balaban J connectivity index is 2.24. The van der Waals surface area contributed by atoms with Gasteiger partial charge in [-0.15, -0.1) is 0 Å². The van der Waals surface area contributed by atoms with Crippen LogP contribution >= 0.6 is 0 Å². The topological polar surface area (TPSA) is 26.0 Å². The number of hydrogen-bond donors (Lipinski definition) is 1. The third-order valence-corrected chi connectivity index (χ3v) is 2.97. The van der Waals surface area contributed by atoms with Crippen molar-refractivity contribution in [2.45, 2.75) is 31.7 Å². The first-order chi connectivity index (χ1) is 7.22. The van der Waals surface area contributed by atoms with Crippen molar-refractivity contribution >= 4 is 0 Å². The molecule has 0 bridgehead atoms. The number of alkyl halides is 2. The number of halogens is 2. The SMILES string of the molecule is NCc1cccc(C(C(F)F)C2CC2)c1. The molecule has 0 heterocycles. The second-order valence-electron chi connectivity index (χ2n) is 4.15. The van der Waals surface area contributed by atoms with Crippen LogP contribution in [0, 0.1) is 5.92 Å². The molecule has 1 fully saturated rings. The lowest BCUT2D eigenvalue weighted by atomic mass is 9.93.